The molecule has 2 N–H and O–H groups in total. The van der Waals surface area contributed by atoms with Crippen LogP contribution in [0.3, 0.4) is 0 Å². The van der Waals surface area contributed by atoms with Crippen LogP contribution < -0.4 is 10.6 Å². The summed E-state index contributed by atoms with van der Waals surface area (Å²) in [4.78, 5) is 23.2. The van der Waals surface area contributed by atoms with Crippen LogP contribution in [0.4, 0.5) is 11.4 Å². The third kappa shape index (κ3) is 3.29. The minimum atomic E-state index is -0.292. The van der Waals surface area contributed by atoms with E-state index in [0.29, 0.717) is 11.4 Å². The summed E-state index contributed by atoms with van der Waals surface area (Å²) in [5.41, 5.74) is 3.47. The average Bonchev–Trinajstić information content (AvgIpc) is 2.79. The number of carbonyl (C=O) groups is 2. The van der Waals surface area contributed by atoms with E-state index in [4.69, 9.17) is 0 Å². The summed E-state index contributed by atoms with van der Waals surface area (Å²) in [5.74, 6) is -0.582. The monoisotopic (exact) mass is 476 g/mol. The zero-order valence-electron chi connectivity index (χ0n) is 10.7. The SMILES string of the molecule is O=C1CC(=O)Nc2cc(C(Br)c3csc(I)c3)ccc2N1. The van der Waals surface area contributed by atoms with Crippen LogP contribution in [0.15, 0.2) is 29.6 Å². The molecule has 1 aliphatic heterocycles. The molecule has 1 aromatic carbocycles. The smallest absolute Gasteiger partial charge is 0.233 e. The van der Waals surface area contributed by atoms with E-state index in [0.717, 1.165) is 5.56 Å². The molecule has 2 amide bonds. The Hall–Kier alpha value is -0.930. The van der Waals surface area contributed by atoms with Gasteiger partial charge in [-0.15, -0.1) is 11.3 Å². The number of rotatable bonds is 2. The number of halogens is 2. The minimum absolute atomic E-state index is 0.0541. The van der Waals surface area contributed by atoms with Crippen LogP contribution in [0.25, 0.3) is 0 Å². The number of nitrogens with one attached hydrogen (secondary N) is 2. The topological polar surface area (TPSA) is 58.2 Å². The minimum Gasteiger partial charge on any atom is -0.324 e. The molecule has 0 aliphatic carbocycles. The van der Waals surface area contributed by atoms with E-state index in [2.05, 4.69) is 60.6 Å². The van der Waals surface area contributed by atoms with Gasteiger partial charge >= 0.3 is 0 Å². The Balaban J connectivity index is 1.95. The molecule has 0 fully saturated rings. The van der Waals surface area contributed by atoms with E-state index in [1.807, 2.05) is 18.2 Å². The maximum atomic E-state index is 11.6. The van der Waals surface area contributed by atoms with Crippen LogP contribution in [-0.2, 0) is 9.59 Å². The lowest BCUT2D eigenvalue weighted by molar-refractivity contribution is -0.123. The number of benzene rings is 1. The fourth-order valence-corrected chi connectivity index (χ4v) is 4.24. The summed E-state index contributed by atoms with van der Waals surface area (Å²) in [5, 5.41) is 7.59. The van der Waals surface area contributed by atoms with Crippen LogP contribution in [-0.4, -0.2) is 11.8 Å². The van der Waals surface area contributed by atoms with Gasteiger partial charge in [0.25, 0.3) is 0 Å². The first kappa shape index (κ1) is 15.0. The molecule has 0 spiro atoms. The Bertz CT molecular complexity index is 732. The molecule has 2 aromatic rings. The first-order chi connectivity index (χ1) is 10.0. The average molecular weight is 477 g/mol. The highest BCUT2D eigenvalue weighted by Gasteiger charge is 2.20. The van der Waals surface area contributed by atoms with Crippen molar-refractivity contribution in [3.63, 3.8) is 0 Å². The lowest BCUT2D eigenvalue weighted by atomic mass is 10.1. The molecule has 21 heavy (non-hydrogen) atoms. The van der Waals surface area contributed by atoms with Crippen LogP contribution in [0, 0.1) is 2.88 Å². The van der Waals surface area contributed by atoms with Crippen molar-refractivity contribution in [3.8, 4) is 0 Å². The van der Waals surface area contributed by atoms with Gasteiger partial charge in [0.1, 0.15) is 6.42 Å². The molecule has 108 valence electrons. The van der Waals surface area contributed by atoms with Gasteiger partial charge in [0.2, 0.25) is 11.8 Å². The second kappa shape index (κ2) is 6.05. The number of thiophene rings is 1. The largest absolute Gasteiger partial charge is 0.324 e. The highest BCUT2D eigenvalue weighted by Crippen LogP contribution is 2.37. The fourth-order valence-electron chi connectivity index (χ4n) is 2.12. The normalized spacial score (nSPS) is 15.7. The molecule has 4 nitrogen and oxygen atoms in total. The van der Waals surface area contributed by atoms with Gasteiger partial charge < -0.3 is 10.6 Å². The van der Waals surface area contributed by atoms with Crippen molar-refractivity contribution in [2.24, 2.45) is 0 Å². The molecule has 0 saturated carbocycles. The third-order valence-electron chi connectivity index (χ3n) is 3.09. The van der Waals surface area contributed by atoms with Gasteiger partial charge in [-0.05, 0) is 57.3 Å². The number of amides is 2. The van der Waals surface area contributed by atoms with Crippen LogP contribution in [0.2, 0.25) is 0 Å². The van der Waals surface area contributed by atoms with Gasteiger partial charge in [0, 0.05) is 0 Å². The van der Waals surface area contributed by atoms with E-state index in [9.17, 15) is 9.59 Å². The number of carbonyl (C=O) groups excluding carboxylic acids is 2. The van der Waals surface area contributed by atoms with Crippen molar-refractivity contribution in [1.29, 1.82) is 0 Å². The first-order valence-electron chi connectivity index (χ1n) is 6.14. The standard InChI is InChI=1S/C14H10BrIN2O2S/c15-14(8-4-11(16)21-6-8)7-1-2-9-10(3-7)18-13(20)5-12(19)17-9/h1-4,6,14H,5H2,(H,17,19)(H,18,20). The first-order valence-corrected chi connectivity index (χ1v) is 9.02. The summed E-state index contributed by atoms with van der Waals surface area (Å²) in [7, 11) is 0. The molecule has 7 heteroatoms. The summed E-state index contributed by atoms with van der Waals surface area (Å²) in [6.45, 7) is 0. The van der Waals surface area contributed by atoms with Crippen LogP contribution in [0.1, 0.15) is 22.4 Å². The zero-order chi connectivity index (χ0) is 15.0. The lowest BCUT2D eigenvalue weighted by Crippen LogP contribution is -2.16. The van der Waals surface area contributed by atoms with Crippen molar-refractivity contribution in [3.05, 3.63) is 43.7 Å². The maximum Gasteiger partial charge on any atom is 0.233 e. The Morgan fingerprint density at radius 1 is 1.10 bits per heavy atom. The molecular formula is C14H10BrIN2O2S. The fraction of sp³-hybridized carbons (Fsp3) is 0.143. The molecule has 1 aromatic heterocycles. The zero-order valence-corrected chi connectivity index (χ0v) is 15.2. The molecule has 3 rings (SSSR count). The van der Waals surface area contributed by atoms with Crippen molar-refractivity contribution in [2.45, 2.75) is 11.2 Å². The number of alkyl halides is 1. The second-order valence-corrected chi connectivity index (χ2v) is 8.35. The van der Waals surface area contributed by atoms with Gasteiger partial charge in [0.05, 0.1) is 19.1 Å². The van der Waals surface area contributed by atoms with Gasteiger partial charge in [-0.1, -0.05) is 22.0 Å². The molecule has 0 bridgehead atoms. The van der Waals surface area contributed by atoms with Gasteiger partial charge in [-0.2, -0.15) is 0 Å². The molecular weight excluding hydrogens is 467 g/mol. The predicted octanol–water partition coefficient (Wildman–Crippen LogP) is 4.12. The molecule has 0 radical (unpaired) electrons. The molecule has 1 unspecified atom stereocenters. The quantitative estimate of drug-likeness (QED) is 0.389. The summed E-state index contributed by atoms with van der Waals surface area (Å²) in [6, 6.07) is 7.78. The number of hydrogen-bond acceptors (Lipinski definition) is 3. The Labute approximate surface area is 147 Å². The molecule has 2 heterocycles. The van der Waals surface area contributed by atoms with E-state index < -0.39 is 0 Å². The molecule has 0 saturated heterocycles. The summed E-state index contributed by atoms with van der Waals surface area (Å²) < 4.78 is 1.22. The van der Waals surface area contributed by atoms with Crippen molar-refractivity contribution >= 4 is 73.0 Å². The highest BCUT2D eigenvalue weighted by atomic mass is 127. The van der Waals surface area contributed by atoms with E-state index in [-0.39, 0.29) is 23.1 Å². The number of anilines is 2. The highest BCUT2D eigenvalue weighted by molar-refractivity contribution is 14.1. The summed E-state index contributed by atoms with van der Waals surface area (Å²) in [6.07, 6.45) is -0.148. The van der Waals surface area contributed by atoms with Crippen molar-refractivity contribution in [1.82, 2.24) is 0 Å². The van der Waals surface area contributed by atoms with Gasteiger partial charge in [0.15, 0.2) is 0 Å². The second-order valence-electron chi connectivity index (χ2n) is 4.62. The molecule has 1 atom stereocenters. The van der Waals surface area contributed by atoms with Crippen LogP contribution in [0.5, 0.6) is 0 Å². The van der Waals surface area contributed by atoms with E-state index in [1.165, 1.54) is 8.45 Å². The lowest BCUT2D eigenvalue weighted by Gasteiger charge is -2.13. The molecule has 1 aliphatic rings. The van der Waals surface area contributed by atoms with Crippen molar-refractivity contribution < 1.29 is 9.59 Å². The number of fused-ring (bicyclic) bond motifs is 1. The van der Waals surface area contributed by atoms with Crippen molar-refractivity contribution in [2.75, 3.05) is 10.6 Å². The third-order valence-corrected chi connectivity index (χ3v) is 5.95. The Morgan fingerprint density at radius 3 is 2.48 bits per heavy atom. The maximum absolute atomic E-state index is 11.6. The number of hydrogen-bond donors (Lipinski definition) is 2. The van der Waals surface area contributed by atoms with Gasteiger partial charge in [-0.25, -0.2) is 0 Å². The Morgan fingerprint density at radius 2 is 1.81 bits per heavy atom. The Kier molecular flexibility index (Phi) is 4.32. The van der Waals surface area contributed by atoms with Gasteiger partial charge in [-0.3, -0.25) is 9.59 Å². The van der Waals surface area contributed by atoms with E-state index >= 15 is 0 Å². The van der Waals surface area contributed by atoms with Crippen LogP contribution >= 0.6 is 49.9 Å². The summed E-state index contributed by atoms with van der Waals surface area (Å²) >= 11 is 7.67. The van der Waals surface area contributed by atoms with E-state index in [1.54, 1.807) is 11.3 Å². The predicted molar refractivity (Wildman–Crippen MR) is 96.1 cm³/mol.